The lowest BCUT2D eigenvalue weighted by atomic mass is 9.92. The average Bonchev–Trinajstić information content (AvgIpc) is 2.82. The van der Waals surface area contributed by atoms with E-state index < -0.39 is 12.1 Å². The largest absolute Gasteiger partial charge is 0.496 e. The molecule has 1 aromatic heterocycles. The maximum atomic E-state index is 11.7. The van der Waals surface area contributed by atoms with Gasteiger partial charge in [-0.3, -0.25) is 9.79 Å². The normalized spacial score (nSPS) is 17.8. The van der Waals surface area contributed by atoms with Crippen molar-refractivity contribution >= 4 is 28.3 Å². The molecule has 33 heavy (non-hydrogen) atoms. The van der Waals surface area contributed by atoms with Crippen LogP contribution in [0, 0.1) is 12.8 Å². The maximum Gasteiger partial charge on any atom is 0.250 e. The number of carbonyl (C=O) groups is 1. The number of nitrogens with one attached hydrogen (secondary N) is 1. The van der Waals surface area contributed by atoms with Gasteiger partial charge in [0.15, 0.2) is 6.23 Å². The number of carbonyl (C=O) groups excluding carboxylic acids is 1. The Balaban J connectivity index is 1.45. The predicted molar refractivity (Wildman–Crippen MR) is 129 cm³/mol. The number of aliphatic hydroxyl groups is 1. The summed E-state index contributed by atoms with van der Waals surface area (Å²) in [5, 5.41) is 14.7. The highest BCUT2D eigenvalue weighted by molar-refractivity contribution is 6.06. The number of rotatable bonds is 7. The predicted octanol–water partition coefficient (Wildman–Crippen LogP) is 3.56. The van der Waals surface area contributed by atoms with E-state index in [1.165, 1.54) is 6.33 Å². The molecule has 0 bridgehead atoms. The highest BCUT2D eigenvalue weighted by Gasteiger charge is 2.18. The van der Waals surface area contributed by atoms with Gasteiger partial charge in [-0.15, -0.1) is 0 Å². The first-order valence-electron chi connectivity index (χ1n) is 10.8. The fourth-order valence-electron chi connectivity index (χ4n) is 4.06. The first kappa shape index (κ1) is 22.4. The van der Waals surface area contributed by atoms with Crippen LogP contribution in [0.4, 0.5) is 5.82 Å². The van der Waals surface area contributed by atoms with Gasteiger partial charge in [-0.25, -0.2) is 9.97 Å². The number of amides is 1. The number of hydrogen-bond acceptors (Lipinski definition) is 7. The van der Waals surface area contributed by atoms with Crippen molar-refractivity contribution in [3.05, 3.63) is 71.6 Å². The van der Waals surface area contributed by atoms with Crippen LogP contribution in [-0.4, -0.2) is 40.3 Å². The first-order valence-corrected chi connectivity index (χ1v) is 10.8. The van der Waals surface area contributed by atoms with E-state index in [-0.39, 0.29) is 5.92 Å². The molecule has 8 nitrogen and oxygen atoms in total. The van der Waals surface area contributed by atoms with Gasteiger partial charge in [0.2, 0.25) is 0 Å². The molecular weight excluding hydrogens is 418 g/mol. The Morgan fingerprint density at radius 3 is 2.94 bits per heavy atom. The Morgan fingerprint density at radius 1 is 1.33 bits per heavy atom. The Morgan fingerprint density at radius 2 is 2.18 bits per heavy atom. The fourth-order valence-corrected chi connectivity index (χ4v) is 4.06. The number of aliphatic imine (C=N–C) groups is 1. The molecule has 4 rings (SSSR count). The molecular formula is C25H27N5O3. The van der Waals surface area contributed by atoms with E-state index in [1.807, 2.05) is 37.3 Å². The number of allylic oxidation sites excluding steroid dienone is 2. The monoisotopic (exact) mass is 445 g/mol. The number of aromatic nitrogens is 2. The summed E-state index contributed by atoms with van der Waals surface area (Å²) in [6.07, 6.45) is 6.15. The zero-order valence-corrected chi connectivity index (χ0v) is 18.7. The van der Waals surface area contributed by atoms with Crippen molar-refractivity contribution in [2.75, 3.05) is 19.0 Å². The Hall–Kier alpha value is -3.78. The second kappa shape index (κ2) is 9.79. The van der Waals surface area contributed by atoms with Crippen molar-refractivity contribution in [2.45, 2.75) is 26.0 Å². The van der Waals surface area contributed by atoms with E-state index >= 15 is 0 Å². The van der Waals surface area contributed by atoms with Gasteiger partial charge in [-0.2, -0.15) is 0 Å². The molecule has 0 saturated heterocycles. The van der Waals surface area contributed by atoms with Crippen LogP contribution < -0.4 is 15.8 Å². The molecule has 2 unspecified atom stereocenters. The topological polar surface area (TPSA) is 123 Å². The number of ether oxygens (including phenoxy) is 1. The molecule has 0 saturated carbocycles. The number of para-hydroxylation sites is 1. The summed E-state index contributed by atoms with van der Waals surface area (Å²) in [5.74, 6) is 1.20. The number of aliphatic hydroxyl groups excluding tert-OH is 1. The van der Waals surface area contributed by atoms with E-state index in [1.54, 1.807) is 19.2 Å². The van der Waals surface area contributed by atoms with Crippen molar-refractivity contribution in [3.63, 3.8) is 0 Å². The van der Waals surface area contributed by atoms with E-state index in [4.69, 9.17) is 10.5 Å². The molecule has 170 valence electrons. The van der Waals surface area contributed by atoms with Crippen LogP contribution in [0.15, 0.2) is 59.9 Å². The third-order valence-corrected chi connectivity index (χ3v) is 5.77. The van der Waals surface area contributed by atoms with Crippen LogP contribution >= 0.6 is 0 Å². The summed E-state index contributed by atoms with van der Waals surface area (Å²) in [7, 11) is 1.63. The first-order chi connectivity index (χ1) is 16.0. The molecule has 0 aliphatic heterocycles. The number of primary amides is 1. The molecule has 0 fully saturated rings. The summed E-state index contributed by atoms with van der Waals surface area (Å²) in [5.41, 5.74) is 8.90. The van der Waals surface area contributed by atoms with Gasteiger partial charge in [-0.05, 0) is 61.6 Å². The second-order valence-electron chi connectivity index (χ2n) is 8.10. The number of methoxy groups -OCH3 is 1. The van der Waals surface area contributed by atoms with Gasteiger partial charge >= 0.3 is 0 Å². The van der Waals surface area contributed by atoms with Crippen molar-refractivity contribution < 1.29 is 14.6 Å². The Bertz CT molecular complexity index is 1240. The minimum Gasteiger partial charge on any atom is -0.496 e. The van der Waals surface area contributed by atoms with Gasteiger partial charge in [0.1, 0.15) is 17.9 Å². The lowest BCUT2D eigenvalue weighted by Crippen LogP contribution is -2.21. The SMILES string of the molecule is COc1ccc(C(O)/N=C2\C=CCC(CNc3ncnc4c(C(N)=O)cccc34)C2)cc1C. The summed E-state index contributed by atoms with van der Waals surface area (Å²) < 4.78 is 5.28. The summed E-state index contributed by atoms with van der Waals surface area (Å²) in [6, 6.07) is 10.9. The summed E-state index contributed by atoms with van der Waals surface area (Å²) >= 11 is 0. The van der Waals surface area contributed by atoms with Gasteiger partial charge in [0.25, 0.3) is 5.91 Å². The zero-order chi connectivity index (χ0) is 23.4. The highest BCUT2D eigenvalue weighted by atomic mass is 16.5. The molecule has 2 aromatic carbocycles. The van der Waals surface area contributed by atoms with Crippen molar-refractivity contribution in [3.8, 4) is 5.75 Å². The number of hydrogen-bond donors (Lipinski definition) is 3. The average molecular weight is 446 g/mol. The number of nitrogens with zero attached hydrogens (tertiary/aromatic N) is 3. The molecule has 3 aromatic rings. The number of fused-ring (bicyclic) bond motifs is 1. The third kappa shape index (κ3) is 5.01. The van der Waals surface area contributed by atoms with Gasteiger partial charge < -0.3 is 20.9 Å². The summed E-state index contributed by atoms with van der Waals surface area (Å²) in [6.45, 7) is 2.60. The molecule has 1 aliphatic rings. The smallest absolute Gasteiger partial charge is 0.250 e. The molecule has 1 heterocycles. The number of anilines is 1. The van der Waals surface area contributed by atoms with Gasteiger partial charge in [0.05, 0.1) is 18.2 Å². The standard InChI is InChI=1S/C25H27N5O3/c1-15-11-17(9-10-21(15)33-2)25(32)30-18-6-3-5-16(12-18)13-27-24-20-8-4-7-19(23(26)31)22(20)28-14-29-24/h3-4,6-11,14,16,25,32H,5,12-13H2,1-2H3,(H2,26,31)(H,27,28,29)/b30-18+. The van der Waals surface area contributed by atoms with Crippen LogP contribution in [0.1, 0.15) is 40.6 Å². The number of benzene rings is 2. The molecule has 1 amide bonds. The lowest BCUT2D eigenvalue weighted by molar-refractivity contribution is 0.100. The van der Waals surface area contributed by atoms with E-state index in [0.29, 0.717) is 23.4 Å². The fraction of sp³-hybridized carbons (Fsp3) is 0.280. The van der Waals surface area contributed by atoms with E-state index in [9.17, 15) is 9.90 Å². The Kier molecular flexibility index (Phi) is 6.65. The highest BCUT2D eigenvalue weighted by Crippen LogP contribution is 2.26. The van der Waals surface area contributed by atoms with Gasteiger partial charge in [0, 0.05) is 23.2 Å². The molecule has 1 aliphatic carbocycles. The Labute approximate surface area is 192 Å². The van der Waals surface area contributed by atoms with Crippen molar-refractivity contribution in [1.29, 1.82) is 0 Å². The zero-order valence-electron chi connectivity index (χ0n) is 18.7. The van der Waals surface area contributed by atoms with Crippen LogP contribution in [0.3, 0.4) is 0 Å². The quantitative estimate of drug-likeness (QED) is 0.511. The number of nitrogens with two attached hydrogens (primary N) is 1. The molecule has 8 heteroatoms. The molecule has 4 N–H and O–H groups in total. The van der Waals surface area contributed by atoms with Gasteiger partial charge in [-0.1, -0.05) is 18.2 Å². The van der Waals surface area contributed by atoms with E-state index in [0.717, 1.165) is 40.8 Å². The van der Waals surface area contributed by atoms with Crippen LogP contribution in [0.2, 0.25) is 0 Å². The minimum atomic E-state index is -0.931. The van der Waals surface area contributed by atoms with Crippen LogP contribution in [-0.2, 0) is 0 Å². The van der Waals surface area contributed by atoms with E-state index in [2.05, 4.69) is 26.4 Å². The molecule has 0 radical (unpaired) electrons. The second-order valence-corrected chi connectivity index (χ2v) is 8.10. The third-order valence-electron chi connectivity index (χ3n) is 5.77. The maximum absolute atomic E-state index is 11.7. The summed E-state index contributed by atoms with van der Waals surface area (Å²) in [4.78, 5) is 24.8. The van der Waals surface area contributed by atoms with Crippen LogP contribution in [0.25, 0.3) is 10.9 Å². The lowest BCUT2D eigenvalue weighted by Gasteiger charge is -2.21. The minimum absolute atomic E-state index is 0.280. The van der Waals surface area contributed by atoms with Crippen LogP contribution in [0.5, 0.6) is 5.75 Å². The number of aryl methyl sites for hydroxylation is 1. The molecule has 2 atom stereocenters. The molecule has 0 spiro atoms. The van der Waals surface area contributed by atoms with Crippen molar-refractivity contribution in [2.24, 2.45) is 16.6 Å². The van der Waals surface area contributed by atoms with Crippen molar-refractivity contribution in [1.82, 2.24) is 9.97 Å².